The number of nitrogens with one attached hydrogen (secondary N) is 1. The van der Waals surface area contributed by atoms with Crippen LogP contribution in [0, 0.1) is 39.4 Å². The number of aromatic nitrogens is 1. The first-order chi connectivity index (χ1) is 18.4. The van der Waals surface area contributed by atoms with Gasteiger partial charge >= 0.3 is 5.97 Å². The third-order valence-corrected chi connectivity index (χ3v) is 6.80. The molecule has 1 amide bonds. The summed E-state index contributed by atoms with van der Waals surface area (Å²) in [6.07, 6.45) is 1.72. The molecule has 0 saturated carbocycles. The summed E-state index contributed by atoms with van der Waals surface area (Å²) in [5, 5.41) is 2.90. The number of benzene rings is 2. The number of esters is 1. The number of carbonyl (C=O) groups excluding carboxylic acids is 2. The van der Waals surface area contributed by atoms with Gasteiger partial charge in [-0.2, -0.15) is 0 Å². The van der Waals surface area contributed by atoms with Crippen LogP contribution in [0.1, 0.15) is 73.5 Å². The van der Waals surface area contributed by atoms with Crippen LogP contribution >= 0.6 is 0 Å². The molecule has 1 heterocycles. The minimum absolute atomic E-state index is 0.103. The van der Waals surface area contributed by atoms with Gasteiger partial charge in [-0.3, -0.25) is 14.4 Å². The van der Waals surface area contributed by atoms with Crippen molar-refractivity contribution in [3.05, 3.63) is 92.6 Å². The van der Waals surface area contributed by atoms with Crippen molar-refractivity contribution in [2.24, 2.45) is 5.92 Å². The standard InChI is InChI=1S/C32H39FN2O4/c1-8-39-29(37)18-26(34-32(38)27(13-19(2)3)35-12-10-9-11-28(35)36)25-17-24(16-23(7)31(25)33)30-21(5)14-20(4)15-22(30)6/h9-12,14-17,19,26-27H,8,13,18H2,1-7H3,(H,34,38)/t26-,27?/m0/s1. The van der Waals surface area contributed by atoms with Gasteiger partial charge < -0.3 is 14.6 Å². The van der Waals surface area contributed by atoms with Gasteiger partial charge in [-0.15, -0.1) is 0 Å². The van der Waals surface area contributed by atoms with Gasteiger partial charge in [-0.25, -0.2) is 4.39 Å². The summed E-state index contributed by atoms with van der Waals surface area (Å²) in [7, 11) is 0. The summed E-state index contributed by atoms with van der Waals surface area (Å²) in [6.45, 7) is 13.5. The molecule has 6 nitrogen and oxygen atoms in total. The molecule has 0 saturated heterocycles. The average Bonchev–Trinajstić information content (AvgIpc) is 2.84. The maximum Gasteiger partial charge on any atom is 0.308 e. The molecule has 3 aromatic rings. The number of pyridine rings is 1. The Labute approximate surface area is 230 Å². The van der Waals surface area contributed by atoms with Gasteiger partial charge in [0.2, 0.25) is 5.91 Å². The summed E-state index contributed by atoms with van der Waals surface area (Å²) in [5.74, 6) is -1.40. The summed E-state index contributed by atoms with van der Waals surface area (Å²) in [6, 6.07) is 10.5. The Balaban J connectivity index is 2.12. The van der Waals surface area contributed by atoms with Gasteiger partial charge in [-0.05, 0) is 93.0 Å². The van der Waals surface area contributed by atoms with Crippen LogP contribution in [-0.2, 0) is 14.3 Å². The Hall–Kier alpha value is -3.74. The highest BCUT2D eigenvalue weighted by atomic mass is 19.1. The van der Waals surface area contributed by atoms with Crippen molar-refractivity contribution in [1.29, 1.82) is 0 Å². The smallest absolute Gasteiger partial charge is 0.308 e. The molecular weight excluding hydrogens is 495 g/mol. The van der Waals surface area contributed by atoms with Gasteiger partial charge in [0.15, 0.2) is 0 Å². The molecule has 3 rings (SSSR count). The Morgan fingerprint density at radius 2 is 1.67 bits per heavy atom. The van der Waals surface area contributed by atoms with E-state index < -0.39 is 29.8 Å². The van der Waals surface area contributed by atoms with Gasteiger partial charge in [-0.1, -0.05) is 37.6 Å². The van der Waals surface area contributed by atoms with Gasteiger partial charge in [0.1, 0.15) is 11.9 Å². The summed E-state index contributed by atoms with van der Waals surface area (Å²) >= 11 is 0. The highest BCUT2D eigenvalue weighted by Gasteiger charge is 2.29. The lowest BCUT2D eigenvalue weighted by molar-refractivity contribution is -0.144. The van der Waals surface area contributed by atoms with Crippen LogP contribution in [-0.4, -0.2) is 23.1 Å². The summed E-state index contributed by atoms with van der Waals surface area (Å²) in [5.41, 5.74) is 5.33. The molecule has 1 unspecified atom stereocenters. The van der Waals surface area contributed by atoms with Crippen molar-refractivity contribution in [1.82, 2.24) is 9.88 Å². The van der Waals surface area contributed by atoms with Crippen molar-refractivity contribution in [3.63, 3.8) is 0 Å². The molecular formula is C32H39FN2O4. The Kier molecular flexibility index (Phi) is 9.84. The maximum atomic E-state index is 15.7. The fraction of sp³-hybridized carbons (Fsp3) is 0.406. The lowest BCUT2D eigenvalue weighted by atomic mass is 9.89. The fourth-order valence-corrected chi connectivity index (χ4v) is 5.21. The minimum atomic E-state index is -0.990. The first-order valence-corrected chi connectivity index (χ1v) is 13.4. The zero-order valence-electron chi connectivity index (χ0n) is 23.9. The Morgan fingerprint density at radius 1 is 1.00 bits per heavy atom. The van der Waals surface area contributed by atoms with E-state index in [2.05, 4.69) is 17.4 Å². The predicted molar refractivity (Wildman–Crippen MR) is 152 cm³/mol. The number of hydrogen-bond acceptors (Lipinski definition) is 4. The molecule has 0 aliphatic carbocycles. The van der Waals surface area contributed by atoms with Crippen molar-refractivity contribution in [2.45, 2.75) is 73.4 Å². The van der Waals surface area contributed by atoms with E-state index in [9.17, 15) is 14.4 Å². The molecule has 2 atom stereocenters. The van der Waals surface area contributed by atoms with Crippen LogP contribution in [0.25, 0.3) is 11.1 Å². The quantitative estimate of drug-likeness (QED) is 0.310. The van der Waals surface area contributed by atoms with E-state index in [1.54, 1.807) is 44.3 Å². The van der Waals surface area contributed by atoms with Gasteiger partial charge in [0.25, 0.3) is 5.56 Å². The van der Waals surface area contributed by atoms with Crippen LogP contribution in [0.15, 0.2) is 53.5 Å². The number of rotatable bonds is 10. The average molecular weight is 535 g/mol. The third-order valence-electron chi connectivity index (χ3n) is 6.80. The number of ether oxygens (including phenoxy) is 1. The van der Waals surface area contributed by atoms with Crippen LogP contribution in [0.4, 0.5) is 4.39 Å². The molecule has 0 aliphatic heterocycles. The molecule has 0 radical (unpaired) electrons. The number of carbonyl (C=O) groups is 2. The van der Waals surface area contributed by atoms with Crippen molar-refractivity contribution < 1.29 is 18.7 Å². The van der Waals surface area contributed by atoms with Crippen molar-refractivity contribution in [3.8, 4) is 11.1 Å². The maximum absolute atomic E-state index is 15.7. The number of amides is 1. The van der Waals surface area contributed by atoms with E-state index in [0.29, 0.717) is 12.0 Å². The minimum Gasteiger partial charge on any atom is -0.466 e. The van der Waals surface area contributed by atoms with Gasteiger partial charge in [0, 0.05) is 17.8 Å². The number of halogens is 1. The molecule has 0 bridgehead atoms. The zero-order valence-corrected chi connectivity index (χ0v) is 23.9. The molecule has 208 valence electrons. The van der Waals surface area contributed by atoms with Crippen molar-refractivity contribution in [2.75, 3.05) is 6.61 Å². The van der Waals surface area contributed by atoms with E-state index in [1.807, 2.05) is 34.6 Å². The van der Waals surface area contributed by atoms with E-state index >= 15 is 4.39 Å². The first-order valence-electron chi connectivity index (χ1n) is 13.4. The van der Waals surface area contributed by atoms with Crippen LogP contribution in [0.3, 0.4) is 0 Å². The van der Waals surface area contributed by atoms with Gasteiger partial charge in [0.05, 0.1) is 19.1 Å². The molecule has 1 N–H and O–H groups in total. The van der Waals surface area contributed by atoms with Crippen LogP contribution in [0.5, 0.6) is 0 Å². The van der Waals surface area contributed by atoms with Crippen LogP contribution in [0.2, 0.25) is 0 Å². The lowest BCUT2D eigenvalue weighted by Crippen LogP contribution is -2.40. The van der Waals surface area contributed by atoms with E-state index in [4.69, 9.17) is 4.74 Å². The number of hydrogen-bond donors (Lipinski definition) is 1. The molecule has 0 spiro atoms. The lowest BCUT2D eigenvalue weighted by Gasteiger charge is -2.26. The SMILES string of the molecule is CCOC(=O)C[C@H](NC(=O)C(CC(C)C)n1ccccc1=O)c1cc(-c2c(C)cc(C)cc2C)cc(C)c1F. The third kappa shape index (κ3) is 7.22. The normalized spacial score (nSPS) is 12.7. The largest absolute Gasteiger partial charge is 0.466 e. The Morgan fingerprint density at radius 3 is 2.26 bits per heavy atom. The van der Waals surface area contributed by atoms with E-state index in [0.717, 1.165) is 27.8 Å². The second-order valence-corrected chi connectivity index (χ2v) is 10.6. The predicted octanol–water partition coefficient (Wildman–Crippen LogP) is 6.29. The number of nitrogens with zero attached hydrogens (tertiary/aromatic N) is 1. The Bertz CT molecular complexity index is 1390. The van der Waals surface area contributed by atoms with Crippen LogP contribution < -0.4 is 10.9 Å². The monoisotopic (exact) mass is 534 g/mol. The highest BCUT2D eigenvalue weighted by molar-refractivity contribution is 5.82. The van der Waals surface area contributed by atoms with E-state index in [1.165, 1.54) is 10.6 Å². The molecule has 39 heavy (non-hydrogen) atoms. The zero-order chi connectivity index (χ0) is 28.9. The fourth-order valence-electron chi connectivity index (χ4n) is 5.21. The van der Waals surface area contributed by atoms with E-state index in [-0.39, 0.29) is 30.1 Å². The molecule has 7 heteroatoms. The molecule has 1 aromatic heterocycles. The highest BCUT2D eigenvalue weighted by Crippen LogP contribution is 2.34. The summed E-state index contributed by atoms with van der Waals surface area (Å²) < 4.78 is 22.3. The second-order valence-electron chi connectivity index (χ2n) is 10.6. The first kappa shape index (κ1) is 29.8. The topological polar surface area (TPSA) is 77.4 Å². The summed E-state index contributed by atoms with van der Waals surface area (Å²) in [4.78, 5) is 38.9. The van der Waals surface area contributed by atoms with Crippen molar-refractivity contribution >= 4 is 11.9 Å². The molecule has 0 aliphatic rings. The molecule has 2 aromatic carbocycles. The molecule has 0 fully saturated rings. The number of aryl methyl sites for hydroxylation is 4. The second kappa shape index (κ2) is 12.9.